The van der Waals surface area contributed by atoms with Gasteiger partial charge in [-0.05, 0) is 45.1 Å². The lowest BCUT2D eigenvalue weighted by Gasteiger charge is -2.33. The van der Waals surface area contributed by atoms with Crippen LogP contribution in [0, 0.1) is 5.92 Å². The van der Waals surface area contributed by atoms with Crippen molar-refractivity contribution in [3.8, 4) is 0 Å². The van der Waals surface area contributed by atoms with Crippen LogP contribution < -0.4 is 4.90 Å². The molecule has 162 valence electrons. The number of aliphatic carboxylic acids is 1. The van der Waals surface area contributed by atoms with E-state index in [1.807, 2.05) is 0 Å². The van der Waals surface area contributed by atoms with Gasteiger partial charge in [0, 0.05) is 38.4 Å². The number of imide groups is 1. The summed E-state index contributed by atoms with van der Waals surface area (Å²) in [4.78, 5) is 50.8. The number of nitrogens with zero attached hydrogens (tertiary/aromatic N) is 5. The number of carboxylic acids is 1. The van der Waals surface area contributed by atoms with E-state index in [2.05, 4.69) is 21.9 Å². The second-order valence-corrected chi connectivity index (χ2v) is 8.66. The van der Waals surface area contributed by atoms with Crippen LogP contribution in [0.1, 0.15) is 49.9 Å². The summed E-state index contributed by atoms with van der Waals surface area (Å²) in [6.07, 6.45) is 7.24. The number of likely N-dealkylation sites (N-methyl/N-ethyl adjacent to an activating group) is 1. The van der Waals surface area contributed by atoms with Crippen LogP contribution in [-0.2, 0) is 22.4 Å². The molecule has 3 aliphatic rings. The van der Waals surface area contributed by atoms with Crippen LogP contribution in [0.5, 0.6) is 0 Å². The highest BCUT2D eigenvalue weighted by Gasteiger charge is 2.43. The Morgan fingerprint density at radius 1 is 1.13 bits per heavy atom. The van der Waals surface area contributed by atoms with E-state index in [-0.39, 0.29) is 30.9 Å². The summed E-state index contributed by atoms with van der Waals surface area (Å²) in [5.41, 5.74) is 1.88. The van der Waals surface area contributed by atoms with E-state index in [0.717, 1.165) is 63.0 Å². The van der Waals surface area contributed by atoms with Crippen LogP contribution in [0.3, 0.4) is 0 Å². The second-order valence-electron chi connectivity index (χ2n) is 8.66. The van der Waals surface area contributed by atoms with Gasteiger partial charge in [-0.2, -0.15) is 0 Å². The third-order valence-corrected chi connectivity index (χ3v) is 6.60. The maximum Gasteiger partial charge on any atom is 0.333 e. The van der Waals surface area contributed by atoms with Gasteiger partial charge in [-0.15, -0.1) is 0 Å². The zero-order valence-electron chi connectivity index (χ0n) is 17.4. The third-order valence-electron chi connectivity index (χ3n) is 6.60. The predicted molar refractivity (Wildman–Crippen MR) is 109 cm³/mol. The summed E-state index contributed by atoms with van der Waals surface area (Å²) in [6.45, 7) is 1.84. The normalized spacial score (nSPS) is 25.4. The maximum absolute atomic E-state index is 13.1. The van der Waals surface area contributed by atoms with E-state index in [4.69, 9.17) is 5.11 Å². The van der Waals surface area contributed by atoms with E-state index < -0.39 is 5.97 Å². The number of urea groups is 1. The average molecular weight is 415 g/mol. The van der Waals surface area contributed by atoms with Gasteiger partial charge < -0.3 is 10.0 Å². The summed E-state index contributed by atoms with van der Waals surface area (Å²) in [6, 6.07) is -0.424. The van der Waals surface area contributed by atoms with Crippen LogP contribution in [-0.4, -0.2) is 75.5 Å². The highest BCUT2D eigenvalue weighted by Crippen LogP contribution is 2.33. The van der Waals surface area contributed by atoms with Gasteiger partial charge in [0.2, 0.25) is 0 Å². The Morgan fingerprint density at radius 3 is 2.53 bits per heavy atom. The highest BCUT2D eigenvalue weighted by atomic mass is 16.4. The molecule has 0 radical (unpaired) electrons. The van der Waals surface area contributed by atoms with Crippen molar-refractivity contribution in [2.24, 2.45) is 5.92 Å². The molecule has 9 nitrogen and oxygen atoms in total. The Labute approximate surface area is 176 Å². The van der Waals surface area contributed by atoms with Crippen LogP contribution in [0.2, 0.25) is 0 Å². The predicted octanol–water partition coefficient (Wildman–Crippen LogP) is 1.70. The molecule has 3 amide bonds. The van der Waals surface area contributed by atoms with Gasteiger partial charge >= 0.3 is 12.0 Å². The van der Waals surface area contributed by atoms with Gasteiger partial charge in [0.15, 0.2) is 5.82 Å². The third kappa shape index (κ3) is 4.30. The van der Waals surface area contributed by atoms with E-state index in [9.17, 15) is 14.4 Å². The fraction of sp³-hybridized carbons (Fsp3) is 0.667. The van der Waals surface area contributed by atoms with E-state index in [0.29, 0.717) is 18.2 Å². The number of aromatic nitrogens is 2. The van der Waals surface area contributed by atoms with Gasteiger partial charge in [-0.1, -0.05) is 0 Å². The Bertz CT molecular complexity index is 837. The molecule has 2 aliphatic heterocycles. The number of hydrogen-bond acceptors (Lipinski definition) is 6. The second kappa shape index (κ2) is 8.67. The van der Waals surface area contributed by atoms with Crippen molar-refractivity contribution in [2.75, 3.05) is 31.6 Å². The lowest BCUT2D eigenvalue weighted by Crippen LogP contribution is -2.43. The number of rotatable bonds is 5. The zero-order valence-corrected chi connectivity index (χ0v) is 17.4. The molecule has 30 heavy (non-hydrogen) atoms. The van der Waals surface area contributed by atoms with Gasteiger partial charge in [0.25, 0.3) is 5.91 Å². The minimum absolute atomic E-state index is 0.00510. The van der Waals surface area contributed by atoms with Gasteiger partial charge in [-0.25, -0.2) is 9.78 Å². The van der Waals surface area contributed by atoms with Crippen LogP contribution in [0.25, 0.3) is 0 Å². The molecule has 0 atom stereocenters. The van der Waals surface area contributed by atoms with Gasteiger partial charge in [0.1, 0.15) is 6.54 Å². The van der Waals surface area contributed by atoms with Gasteiger partial charge in [0.05, 0.1) is 17.6 Å². The van der Waals surface area contributed by atoms with Crippen molar-refractivity contribution in [2.45, 2.75) is 57.4 Å². The molecule has 1 aromatic rings. The largest absolute Gasteiger partial charge is 0.481 e. The van der Waals surface area contributed by atoms with Crippen LogP contribution in [0.15, 0.2) is 6.20 Å². The number of carbonyl (C=O) groups excluding carboxylic acids is 2. The number of amides is 3. The standard InChI is InChI=1S/C21H29N5O4/c1-24-10-8-16-17(9-11-24)23-18(12-22-16)25-13-19(27)26(21(25)30)15-5-2-14(3-6-15)4-7-20(28)29/h12,14-15H,2-11,13H2,1H3,(H,28,29)/t14-,15-. The Kier molecular flexibility index (Phi) is 5.99. The first-order valence-corrected chi connectivity index (χ1v) is 10.8. The summed E-state index contributed by atoms with van der Waals surface area (Å²) in [7, 11) is 2.07. The van der Waals surface area contributed by atoms with Crippen molar-refractivity contribution in [3.63, 3.8) is 0 Å². The molecular formula is C21H29N5O4. The van der Waals surface area contributed by atoms with E-state index >= 15 is 0 Å². The lowest BCUT2D eigenvalue weighted by atomic mass is 9.83. The molecule has 1 saturated carbocycles. The summed E-state index contributed by atoms with van der Waals surface area (Å²) in [5.74, 6) is -0.152. The minimum atomic E-state index is -0.772. The fourth-order valence-electron chi connectivity index (χ4n) is 4.76. The number of anilines is 1. The Morgan fingerprint density at radius 2 is 1.83 bits per heavy atom. The molecule has 1 aliphatic carbocycles. The molecule has 1 N–H and O–H groups in total. The molecule has 0 bridgehead atoms. The number of fused-ring (bicyclic) bond motifs is 1. The zero-order chi connectivity index (χ0) is 21.3. The number of hydrogen-bond donors (Lipinski definition) is 1. The van der Waals surface area contributed by atoms with Crippen molar-refractivity contribution in [3.05, 3.63) is 17.6 Å². The summed E-state index contributed by atoms with van der Waals surface area (Å²) in [5, 5.41) is 8.86. The van der Waals surface area contributed by atoms with Crippen molar-refractivity contribution in [1.82, 2.24) is 19.8 Å². The van der Waals surface area contributed by atoms with E-state index in [1.165, 1.54) is 9.80 Å². The van der Waals surface area contributed by atoms with Gasteiger partial charge in [-0.3, -0.25) is 24.4 Å². The molecule has 1 saturated heterocycles. The van der Waals surface area contributed by atoms with Crippen molar-refractivity contribution < 1.29 is 19.5 Å². The molecule has 3 heterocycles. The van der Waals surface area contributed by atoms with Crippen molar-refractivity contribution in [1.29, 1.82) is 0 Å². The summed E-state index contributed by atoms with van der Waals surface area (Å²) >= 11 is 0. The molecule has 4 rings (SSSR count). The topological polar surface area (TPSA) is 107 Å². The quantitative estimate of drug-likeness (QED) is 0.730. The monoisotopic (exact) mass is 415 g/mol. The molecule has 0 aromatic carbocycles. The molecule has 1 aromatic heterocycles. The highest BCUT2D eigenvalue weighted by molar-refractivity contribution is 6.12. The molecule has 9 heteroatoms. The van der Waals surface area contributed by atoms with Crippen LogP contribution in [0.4, 0.5) is 10.6 Å². The maximum atomic E-state index is 13.1. The first-order valence-electron chi connectivity index (χ1n) is 10.8. The van der Waals surface area contributed by atoms with E-state index in [1.54, 1.807) is 6.20 Å². The molecule has 0 spiro atoms. The lowest BCUT2D eigenvalue weighted by molar-refractivity contribution is -0.137. The summed E-state index contributed by atoms with van der Waals surface area (Å²) < 4.78 is 0. The SMILES string of the molecule is CN1CCc2ncc(N3CC(=O)N([C@H]4CC[C@H](CCC(=O)O)CC4)C3=O)nc2CC1. The first kappa shape index (κ1) is 20.7. The Balaban J connectivity index is 1.42. The number of carbonyl (C=O) groups is 3. The molecule has 2 fully saturated rings. The van der Waals surface area contributed by atoms with Crippen molar-refractivity contribution >= 4 is 23.7 Å². The van der Waals surface area contributed by atoms with Crippen LogP contribution >= 0.6 is 0 Å². The minimum Gasteiger partial charge on any atom is -0.481 e. The average Bonchev–Trinajstić information content (AvgIpc) is 2.90. The molecule has 0 unspecified atom stereocenters. The first-order chi connectivity index (χ1) is 14.4. The fourth-order valence-corrected chi connectivity index (χ4v) is 4.76. The number of carboxylic acid groups (broad SMARTS) is 1. The Hall–Kier alpha value is -2.55. The smallest absolute Gasteiger partial charge is 0.333 e. The molecular weight excluding hydrogens is 386 g/mol.